The number of quaternary nitrogens is 1. The van der Waals surface area contributed by atoms with E-state index in [9.17, 15) is 0 Å². The number of nitrogens with zero attached hydrogens (tertiary/aromatic N) is 1. The number of rotatable bonds is 22. The standard InChI is InChI=1S/C31H52ClIN/c1-4-7-9-11-13-15-17-19-26-34(31(33)6-3,27-20-18-16-14-12-10-8-5-2)28-25-29-21-23-30(32)24-22-29/h3,21-24,31H,4-5,7-20,25-28H2,1-2H3/q+1. The predicted molar refractivity (Wildman–Crippen MR) is 162 cm³/mol. The van der Waals surface area contributed by atoms with Crippen molar-refractivity contribution in [1.82, 2.24) is 0 Å². The van der Waals surface area contributed by atoms with Crippen molar-refractivity contribution in [2.45, 2.75) is 127 Å². The lowest BCUT2D eigenvalue weighted by Crippen LogP contribution is -2.54. The molecule has 0 amide bonds. The third-order valence-corrected chi connectivity index (χ3v) is 9.08. The average molecular weight is 601 g/mol. The van der Waals surface area contributed by atoms with Crippen molar-refractivity contribution < 1.29 is 4.48 Å². The molecule has 0 N–H and O–H groups in total. The minimum absolute atomic E-state index is 0.249. The second-order valence-corrected chi connectivity index (χ2v) is 11.8. The normalized spacial score (nSPS) is 12.6. The second-order valence-electron chi connectivity index (χ2n) is 10.2. The molecule has 0 saturated heterocycles. The van der Waals surface area contributed by atoms with Crippen LogP contribution in [0.5, 0.6) is 0 Å². The lowest BCUT2D eigenvalue weighted by atomic mass is 10.0. The molecule has 0 spiro atoms. The third kappa shape index (κ3) is 14.4. The van der Waals surface area contributed by atoms with Crippen LogP contribution in [0.3, 0.4) is 0 Å². The molecule has 0 aliphatic carbocycles. The van der Waals surface area contributed by atoms with E-state index in [1.807, 2.05) is 12.1 Å². The fraction of sp³-hybridized carbons (Fsp3) is 0.742. The summed E-state index contributed by atoms with van der Waals surface area (Å²) < 4.78 is 1.32. The molecule has 34 heavy (non-hydrogen) atoms. The van der Waals surface area contributed by atoms with Gasteiger partial charge in [0.25, 0.3) is 0 Å². The molecule has 1 rings (SSSR count). The number of terminal acetylenes is 1. The quantitative estimate of drug-likeness (QED) is 0.0310. The van der Waals surface area contributed by atoms with Gasteiger partial charge in [0.2, 0.25) is 4.05 Å². The SMILES string of the molecule is C#CC(I)[N+](CCCCCCCCCC)(CCCCCCCCCC)CCc1ccc(Cl)cc1. The number of benzene rings is 1. The highest BCUT2D eigenvalue weighted by atomic mass is 127. The van der Waals surface area contributed by atoms with Crippen molar-refractivity contribution in [3.63, 3.8) is 0 Å². The lowest BCUT2D eigenvalue weighted by molar-refractivity contribution is -0.927. The van der Waals surface area contributed by atoms with Crippen LogP contribution >= 0.6 is 34.2 Å². The molecule has 0 saturated carbocycles. The van der Waals surface area contributed by atoms with Crippen LogP contribution in [0.1, 0.15) is 122 Å². The molecule has 0 aliphatic rings. The van der Waals surface area contributed by atoms with Gasteiger partial charge < -0.3 is 4.48 Å². The van der Waals surface area contributed by atoms with Gasteiger partial charge in [0.15, 0.2) is 0 Å². The summed E-state index contributed by atoms with van der Waals surface area (Å²) in [5, 5.41) is 0.817. The van der Waals surface area contributed by atoms with Gasteiger partial charge in [-0.25, -0.2) is 0 Å². The Bertz CT molecular complexity index is 616. The van der Waals surface area contributed by atoms with Gasteiger partial charge in [0.1, 0.15) is 0 Å². The van der Waals surface area contributed by atoms with E-state index < -0.39 is 0 Å². The van der Waals surface area contributed by atoms with E-state index in [2.05, 4.69) is 54.5 Å². The molecule has 1 aromatic rings. The van der Waals surface area contributed by atoms with Gasteiger partial charge in [-0.3, -0.25) is 0 Å². The summed E-state index contributed by atoms with van der Waals surface area (Å²) in [6.45, 7) is 8.15. The van der Waals surface area contributed by atoms with Crippen molar-refractivity contribution in [2.75, 3.05) is 19.6 Å². The van der Waals surface area contributed by atoms with Crippen molar-refractivity contribution in [3.8, 4) is 12.3 Å². The molecular formula is C31H52ClIN+. The highest BCUT2D eigenvalue weighted by Crippen LogP contribution is 2.25. The van der Waals surface area contributed by atoms with Gasteiger partial charge in [-0.2, -0.15) is 0 Å². The maximum absolute atomic E-state index is 6.12. The van der Waals surface area contributed by atoms with E-state index in [1.54, 1.807) is 0 Å². The highest BCUT2D eigenvalue weighted by Gasteiger charge is 2.33. The molecule has 0 fully saturated rings. The van der Waals surface area contributed by atoms with Crippen LogP contribution in [0.4, 0.5) is 0 Å². The van der Waals surface area contributed by atoms with E-state index >= 15 is 0 Å². The van der Waals surface area contributed by atoms with Crippen LogP contribution in [0, 0.1) is 12.3 Å². The molecule has 0 radical (unpaired) electrons. The van der Waals surface area contributed by atoms with E-state index in [0.717, 1.165) is 22.5 Å². The van der Waals surface area contributed by atoms with Gasteiger partial charge in [-0.1, -0.05) is 115 Å². The topological polar surface area (TPSA) is 0 Å². The van der Waals surface area contributed by atoms with Gasteiger partial charge in [-0.05, 0) is 49.3 Å². The average Bonchev–Trinajstić information content (AvgIpc) is 2.85. The maximum atomic E-state index is 6.12. The molecule has 0 aliphatic heterocycles. The van der Waals surface area contributed by atoms with Crippen LogP contribution in [-0.4, -0.2) is 28.2 Å². The van der Waals surface area contributed by atoms with Crippen LogP contribution in [0.2, 0.25) is 5.02 Å². The predicted octanol–water partition coefficient (Wildman–Crippen LogP) is 10.4. The molecule has 1 unspecified atom stereocenters. The Hall–Kier alpha value is -0.240. The minimum atomic E-state index is 0.249. The van der Waals surface area contributed by atoms with E-state index in [4.69, 9.17) is 18.0 Å². The summed E-state index contributed by atoms with van der Waals surface area (Å²) >= 11 is 8.67. The van der Waals surface area contributed by atoms with E-state index in [0.29, 0.717) is 0 Å². The Morgan fingerprint density at radius 3 is 1.53 bits per heavy atom. The fourth-order valence-corrected chi connectivity index (χ4v) is 5.92. The summed E-state index contributed by atoms with van der Waals surface area (Å²) in [5.41, 5.74) is 1.37. The first kappa shape index (κ1) is 31.8. The zero-order valence-electron chi connectivity index (χ0n) is 22.3. The maximum Gasteiger partial charge on any atom is 0.200 e. The third-order valence-electron chi connectivity index (χ3n) is 7.29. The number of hydrogen-bond acceptors (Lipinski definition) is 0. The van der Waals surface area contributed by atoms with Crippen LogP contribution in [0.15, 0.2) is 24.3 Å². The lowest BCUT2D eigenvalue weighted by Gasteiger charge is -2.41. The molecule has 194 valence electrons. The first-order chi connectivity index (χ1) is 16.6. The largest absolute Gasteiger partial charge is 0.303 e. The Balaban J connectivity index is 2.63. The highest BCUT2D eigenvalue weighted by molar-refractivity contribution is 14.1. The molecule has 0 aromatic heterocycles. The Kier molecular flexibility index (Phi) is 19.5. The first-order valence-electron chi connectivity index (χ1n) is 14.3. The zero-order valence-corrected chi connectivity index (χ0v) is 25.2. The van der Waals surface area contributed by atoms with Crippen LogP contribution in [-0.2, 0) is 6.42 Å². The molecule has 1 atom stereocenters. The summed E-state index contributed by atoms with van der Waals surface area (Å²) in [6, 6.07) is 8.40. The summed E-state index contributed by atoms with van der Waals surface area (Å²) in [5.74, 6) is 3.14. The van der Waals surface area contributed by atoms with Gasteiger partial charge in [0.05, 0.1) is 19.6 Å². The van der Waals surface area contributed by atoms with Gasteiger partial charge >= 0.3 is 0 Å². The molecular weight excluding hydrogens is 549 g/mol. The molecule has 1 nitrogen and oxygen atoms in total. The summed E-state index contributed by atoms with van der Waals surface area (Å²) in [6.07, 6.45) is 29.0. The second kappa shape index (κ2) is 20.9. The monoisotopic (exact) mass is 600 g/mol. The summed E-state index contributed by atoms with van der Waals surface area (Å²) in [4.78, 5) is 0. The fourth-order valence-electron chi connectivity index (χ4n) is 4.96. The van der Waals surface area contributed by atoms with Crippen LogP contribution in [0.25, 0.3) is 0 Å². The molecule has 1 aromatic carbocycles. The van der Waals surface area contributed by atoms with Crippen molar-refractivity contribution in [2.24, 2.45) is 0 Å². The minimum Gasteiger partial charge on any atom is -0.303 e. The zero-order chi connectivity index (χ0) is 24.9. The number of halogens is 2. The Morgan fingerprint density at radius 2 is 1.12 bits per heavy atom. The van der Waals surface area contributed by atoms with Crippen molar-refractivity contribution >= 4 is 34.2 Å². The van der Waals surface area contributed by atoms with Crippen molar-refractivity contribution in [1.29, 1.82) is 0 Å². The van der Waals surface area contributed by atoms with E-state index in [1.165, 1.54) is 121 Å². The van der Waals surface area contributed by atoms with Crippen LogP contribution < -0.4 is 0 Å². The smallest absolute Gasteiger partial charge is 0.200 e. The number of alkyl halides is 1. The number of hydrogen-bond donors (Lipinski definition) is 0. The van der Waals surface area contributed by atoms with E-state index in [-0.39, 0.29) is 4.05 Å². The Labute approximate surface area is 231 Å². The molecule has 0 bridgehead atoms. The van der Waals surface area contributed by atoms with Gasteiger partial charge in [-0.15, -0.1) is 6.42 Å². The van der Waals surface area contributed by atoms with Gasteiger partial charge in [0, 0.05) is 34.0 Å². The molecule has 0 heterocycles. The Morgan fingerprint density at radius 1 is 0.706 bits per heavy atom. The molecule has 3 heteroatoms. The first-order valence-corrected chi connectivity index (χ1v) is 15.9. The summed E-state index contributed by atoms with van der Waals surface area (Å²) in [7, 11) is 0. The van der Waals surface area contributed by atoms with Crippen molar-refractivity contribution in [3.05, 3.63) is 34.9 Å². The number of unbranched alkanes of at least 4 members (excludes halogenated alkanes) is 14.